The van der Waals surface area contributed by atoms with Crippen LogP contribution in [0.25, 0.3) is 11.1 Å². The average molecular weight is 408 g/mol. The van der Waals surface area contributed by atoms with Crippen molar-refractivity contribution in [2.24, 2.45) is 0 Å². The molecule has 30 heavy (non-hydrogen) atoms. The van der Waals surface area contributed by atoms with Crippen LogP contribution in [0.15, 0.2) is 48.5 Å². The van der Waals surface area contributed by atoms with Crippen LogP contribution in [0.1, 0.15) is 30.4 Å². The first-order chi connectivity index (χ1) is 14.7. The molecule has 1 fully saturated rings. The average Bonchev–Trinajstić information content (AvgIpc) is 3.10. The van der Waals surface area contributed by atoms with Gasteiger partial charge in [-0.15, -0.1) is 0 Å². The molecule has 0 saturated carbocycles. The molecule has 1 aliphatic heterocycles. The molecule has 1 saturated heterocycles. The molecular weight excluding hydrogens is 378 g/mol. The molecule has 2 aliphatic rings. The van der Waals surface area contributed by atoms with E-state index >= 15 is 0 Å². The lowest BCUT2D eigenvalue weighted by Crippen LogP contribution is -2.49. The Labute approximate surface area is 177 Å². The number of benzene rings is 2. The quantitative estimate of drug-likeness (QED) is 0.582. The summed E-state index contributed by atoms with van der Waals surface area (Å²) in [6.45, 7) is 6.47. The minimum Gasteiger partial charge on any atom is -0.481 e. The number of rotatable bonds is 6. The Hall–Kier alpha value is -2.86. The molecule has 2 aromatic rings. The van der Waals surface area contributed by atoms with Crippen LogP contribution in [0.5, 0.6) is 0 Å². The van der Waals surface area contributed by atoms with E-state index in [4.69, 9.17) is 14.9 Å². The number of ether oxygens (including phenoxy) is 2. The minimum atomic E-state index is -0.237. The summed E-state index contributed by atoms with van der Waals surface area (Å²) in [4.78, 5) is 16.7. The molecule has 0 radical (unpaired) electrons. The fourth-order valence-electron chi connectivity index (χ4n) is 4.35. The highest BCUT2D eigenvalue weighted by molar-refractivity contribution is 5.79. The van der Waals surface area contributed by atoms with Crippen LogP contribution in [-0.4, -0.2) is 67.7 Å². The summed E-state index contributed by atoms with van der Waals surface area (Å²) in [7, 11) is 0. The van der Waals surface area contributed by atoms with E-state index < -0.39 is 0 Å². The van der Waals surface area contributed by atoms with E-state index in [1.165, 1.54) is 22.3 Å². The standard InChI is InChI=1S/C24H29N3O3/c1-2-29-23(25)11-12-26-13-15-27(16-14-26)24(28)30-17-22-20-9-5-3-7-18(20)19-8-4-6-10-21(19)22/h3-10,22,25H,2,11-17H2,1H3. The van der Waals surface area contributed by atoms with Crippen molar-refractivity contribution < 1.29 is 14.3 Å². The van der Waals surface area contributed by atoms with Gasteiger partial charge >= 0.3 is 6.09 Å². The van der Waals surface area contributed by atoms with E-state index in [0.717, 1.165) is 19.6 Å². The second kappa shape index (κ2) is 9.30. The van der Waals surface area contributed by atoms with Crippen molar-refractivity contribution >= 4 is 12.0 Å². The normalized spacial score (nSPS) is 16.1. The summed E-state index contributed by atoms with van der Waals surface area (Å²) >= 11 is 0. The lowest BCUT2D eigenvalue weighted by atomic mass is 9.98. The highest BCUT2D eigenvalue weighted by atomic mass is 16.6. The van der Waals surface area contributed by atoms with Crippen LogP contribution >= 0.6 is 0 Å². The number of hydrogen-bond acceptors (Lipinski definition) is 5. The van der Waals surface area contributed by atoms with Gasteiger partial charge in [0.2, 0.25) is 0 Å². The number of carbonyl (C=O) groups is 1. The molecule has 1 amide bonds. The fraction of sp³-hybridized carbons (Fsp3) is 0.417. The fourth-order valence-corrected chi connectivity index (χ4v) is 4.35. The molecular formula is C24H29N3O3. The van der Waals surface area contributed by atoms with Gasteiger partial charge in [-0.25, -0.2) is 4.79 Å². The first kappa shape index (κ1) is 20.4. The summed E-state index contributed by atoms with van der Waals surface area (Å²) in [5.74, 6) is 0.420. The van der Waals surface area contributed by atoms with Gasteiger partial charge in [-0.1, -0.05) is 48.5 Å². The molecule has 1 aliphatic carbocycles. The number of hydrogen-bond donors (Lipinski definition) is 1. The Morgan fingerprint density at radius 2 is 1.57 bits per heavy atom. The molecule has 1 N–H and O–H groups in total. The minimum absolute atomic E-state index is 0.0900. The van der Waals surface area contributed by atoms with Gasteiger partial charge in [-0.05, 0) is 29.2 Å². The molecule has 6 nitrogen and oxygen atoms in total. The van der Waals surface area contributed by atoms with Crippen LogP contribution in [-0.2, 0) is 9.47 Å². The smallest absolute Gasteiger partial charge is 0.409 e. The predicted molar refractivity (Wildman–Crippen MR) is 117 cm³/mol. The largest absolute Gasteiger partial charge is 0.481 e. The molecule has 2 aromatic carbocycles. The number of piperazine rings is 1. The Morgan fingerprint density at radius 3 is 2.17 bits per heavy atom. The van der Waals surface area contributed by atoms with Crippen LogP contribution in [0.2, 0.25) is 0 Å². The summed E-state index contributed by atoms with van der Waals surface area (Å²) in [6, 6.07) is 16.7. The lowest BCUT2D eigenvalue weighted by Gasteiger charge is -2.34. The van der Waals surface area contributed by atoms with Crippen molar-refractivity contribution in [3.05, 3.63) is 59.7 Å². The molecule has 0 aromatic heterocycles. The van der Waals surface area contributed by atoms with Crippen molar-refractivity contribution in [1.29, 1.82) is 5.41 Å². The molecule has 4 rings (SSSR count). The van der Waals surface area contributed by atoms with E-state index in [1.54, 1.807) is 4.90 Å². The Kier molecular flexibility index (Phi) is 6.33. The first-order valence-electron chi connectivity index (χ1n) is 10.7. The number of fused-ring (bicyclic) bond motifs is 3. The molecule has 0 atom stereocenters. The topological polar surface area (TPSA) is 65.9 Å². The van der Waals surface area contributed by atoms with Gasteiger partial charge in [-0.2, -0.15) is 0 Å². The third kappa shape index (κ3) is 4.33. The van der Waals surface area contributed by atoms with Gasteiger partial charge in [0.05, 0.1) is 6.61 Å². The van der Waals surface area contributed by atoms with Gasteiger partial charge in [0.1, 0.15) is 6.61 Å². The van der Waals surface area contributed by atoms with E-state index in [2.05, 4.69) is 41.3 Å². The zero-order valence-electron chi connectivity index (χ0n) is 17.5. The van der Waals surface area contributed by atoms with Crippen molar-refractivity contribution in [3.63, 3.8) is 0 Å². The van der Waals surface area contributed by atoms with Gasteiger partial charge in [0, 0.05) is 45.1 Å². The van der Waals surface area contributed by atoms with E-state index in [9.17, 15) is 4.79 Å². The predicted octanol–water partition coefficient (Wildman–Crippen LogP) is 3.96. The van der Waals surface area contributed by atoms with Crippen molar-refractivity contribution in [3.8, 4) is 11.1 Å². The second-order valence-corrected chi connectivity index (χ2v) is 7.74. The van der Waals surface area contributed by atoms with Crippen molar-refractivity contribution in [2.45, 2.75) is 19.3 Å². The van der Waals surface area contributed by atoms with Crippen molar-refractivity contribution in [1.82, 2.24) is 9.80 Å². The summed E-state index contributed by atoms with van der Waals surface area (Å²) < 4.78 is 11.0. The van der Waals surface area contributed by atoms with Gasteiger partial charge in [0.15, 0.2) is 5.90 Å². The monoisotopic (exact) mass is 407 g/mol. The van der Waals surface area contributed by atoms with Crippen molar-refractivity contribution in [2.75, 3.05) is 45.9 Å². The third-order valence-corrected chi connectivity index (χ3v) is 5.94. The third-order valence-electron chi connectivity index (χ3n) is 5.94. The maximum atomic E-state index is 12.7. The van der Waals surface area contributed by atoms with E-state index in [-0.39, 0.29) is 12.0 Å². The van der Waals surface area contributed by atoms with Crippen LogP contribution < -0.4 is 0 Å². The lowest BCUT2D eigenvalue weighted by molar-refractivity contribution is 0.0748. The molecule has 0 unspecified atom stereocenters. The van der Waals surface area contributed by atoms with Gasteiger partial charge < -0.3 is 14.4 Å². The Balaban J connectivity index is 1.29. The molecule has 0 bridgehead atoms. The first-order valence-corrected chi connectivity index (χ1v) is 10.7. The molecule has 6 heteroatoms. The van der Waals surface area contributed by atoms with Crippen LogP contribution in [0.3, 0.4) is 0 Å². The molecule has 158 valence electrons. The van der Waals surface area contributed by atoms with E-state index in [1.807, 2.05) is 19.1 Å². The second-order valence-electron chi connectivity index (χ2n) is 7.74. The zero-order chi connectivity index (χ0) is 20.9. The zero-order valence-corrected chi connectivity index (χ0v) is 17.5. The molecule has 0 spiro atoms. The maximum absolute atomic E-state index is 12.7. The summed E-state index contributed by atoms with van der Waals surface area (Å²) in [6.07, 6.45) is 0.372. The Bertz CT molecular complexity index is 861. The summed E-state index contributed by atoms with van der Waals surface area (Å²) in [5.41, 5.74) is 4.93. The number of nitrogens with one attached hydrogen (secondary N) is 1. The summed E-state index contributed by atoms with van der Waals surface area (Å²) in [5, 5.41) is 7.72. The highest BCUT2D eigenvalue weighted by Crippen LogP contribution is 2.44. The number of carbonyl (C=O) groups excluding carboxylic acids is 1. The van der Waals surface area contributed by atoms with Gasteiger partial charge in [-0.3, -0.25) is 10.3 Å². The highest BCUT2D eigenvalue weighted by Gasteiger charge is 2.30. The molecule has 1 heterocycles. The van der Waals surface area contributed by atoms with Crippen LogP contribution in [0, 0.1) is 5.41 Å². The number of amides is 1. The SMILES string of the molecule is CCOC(=N)CCN1CCN(C(=O)OCC2c3ccccc3-c3ccccc32)CC1. The van der Waals surface area contributed by atoms with Crippen LogP contribution in [0.4, 0.5) is 4.79 Å². The Morgan fingerprint density at radius 1 is 0.967 bits per heavy atom. The maximum Gasteiger partial charge on any atom is 0.409 e. The number of nitrogens with zero attached hydrogens (tertiary/aromatic N) is 2. The van der Waals surface area contributed by atoms with E-state index in [0.29, 0.717) is 38.6 Å². The van der Waals surface area contributed by atoms with Gasteiger partial charge in [0.25, 0.3) is 0 Å².